The Kier molecular flexibility index (Phi) is 3.29. The molecule has 0 aromatic carbocycles. The van der Waals surface area contributed by atoms with Crippen molar-refractivity contribution in [2.75, 3.05) is 13.2 Å². The Morgan fingerprint density at radius 2 is 2.47 bits per heavy atom. The largest absolute Gasteiger partial charge is 0.496 e. The van der Waals surface area contributed by atoms with Gasteiger partial charge in [-0.25, -0.2) is 0 Å². The summed E-state index contributed by atoms with van der Waals surface area (Å²) in [5.41, 5.74) is 1.10. The molecular formula is C11H15N3O. The zero-order chi connectivity index (χ0) is 10.5. The molecule has 0 radical (unpaired) electrons. The van der Waals surface area contributed by atoms with E-state index in [1.54, 1.807) is 12.4 Å². The van der Waals surface area contributed by atoms with Crippen molar-refractivity contribution in [2.24, 2.45) is 0 Å². The molecule has 4 heteroatoms. The lowest BCUT2D eigenvalue weighted by atomic mass is 10.1. The first-order valence-electron chi connectivity index (χ1n) is 5.24. The first-order chi connectivity index (χ1) is 7.42. The van der Waals surface area contributed by atoms with Gasteiger partial charge in [0.25, 0.3) is 0 Å². The minimum absolute atomic E-state index is 0.119. The fourth-order valence-corrected chi connectivity index (χ4v) is 1.70. The maximum atomic E-state index is 5.57. The van der Waals surface area contributed by atoms with Crippen molar-refractivity contribution in [2.45, 2.75) is 19.4 Å². The van der Waals surface area contributed by atoms with Gasteiger partial charge in [0, 0.05) is 12.6 Å². The maximum absolute atomic E-state index is 5.57. The Balaban J connectivity index is 2.19. The van der Waals surface area contributed by atoms with E-state index in [0.29, 0.717) is 0 Å². The van der Waals surface area contributed by atoms with Gasteiger partial charge in [-0.1, -0.05) is 6.92 Å². The number of ether oxygens (including phenoxy) is 1. The monoisotopic (exact) mass is 205 g/mol. The van der Waals surface area contributed by atoms with E-state index in [-0.39, 0.29) is 6.04 Å². The molecule has 1 N–H and O–H groups in total. The smallest absolute Gasteiger partial charge is 0.114 e. The molecule has 2 rings (SSSR count). The fraction of sp³-hybridized carbons (Fsp3) is 0.455. The van der Waals surface area contributed by atoms with E-state index in [1.807, 2.05) is 6.07 Å². The Morgan fingerprint density at radius 1 is 1.53 bits per heavy atom. The Labute approximate surface area is 89.4 Å². The molecule has 1 unspecified atom stereocenters. The van der Waals surface area contributed by atoms with Gasteiger partial charge in [0.15, 0.2) is 0 Å². The van der Waals surface area contributed by atoms with Gasteiger partial charge in [-0.2, -0.15) is 10.2 Å². The molecule has 1 aromatic heterocycles. The number of rotatable bonds is 4. The highest BCUT2D eigenvalue weighted by atomic mass is 16.5. The van der Waals surface area contributed by atoms with Crippen molar-refractivity contribution in [1.29, 1.82) is 0 Å². The van der Waals surface area contributed by atoms with Crippen LogP contribution >= 0.6 is 0 Å². The summed E-state index contributed by atoms with van der Waals surface area (Å²) in [6.07, 6.45) is 6.61. The molecule has 0 saturated heterocycles. The predicted molar refractivity (Wildman–Crippen MR) is 57.1 cm³/mol. The van der Waals surface area contributed by atoms with Crippen LogP contribution in [0.2, 0.25) is 0 Å². The third-order valence-electron chi connectivity index (χ3n) is 2.37. The lowest BCUT2D eigenvalue weighted by Crippen LogP contribution is -2.23. The van der Waals surface area contributed by atoms with Crippen LogP contribution in [0.1, 0.15) is 24.9 Å². The summed E-state index contributed by atoms with van der Waals surface area (Å²) in [7, 11) is 0. The highest BCUT2D eigenvalue weighted by molar-refractivity contribution is 5.22. The predicted octanol–water partition coefficient (Wildman–Crippen LogP) is 1.43. The SMILES string of the molecule is CCNC(C1=CCCO1)c1ccnnc1. The van der Waals surface area contributed by atoms with Crippen molar-refractivity contribution in [1.82, 2.24) is 15.5 Å². The quantitative estimate of drug-likeness (QED) is 0.807. The van der Waals surface area contributed by atoms with E-state index in [0.717, 1.165) is 30.9 Å². The third kappa shape index (κ3) is 2.33. The molecule has 0 bridgehead atoms. The van der Waals surface area contributed by atoms with Crippen molar-refractivity contribution >= 4 is 0 Å². The Morgan fingerprint density at radius 3 is 3.07 bits per heavy atom. The molecule has 0 fully saturated rings. The third-order valence-corrected chi connectivity index (χ3v) is 2.37. The molecule has 0 amide bonds. The van der Waals surface area contributed by atoms with E-state index in [9.17, 15) is 0 Å². The molecule has 1 aliphatic heterocycles. The Bertz CT molecular complexity index is 337. The van der Waals surface area contributed by atoms with Gasteiger partial charge < -0.3 is 10.1 Å². The molecule has 4 nitrogen and oxygen atoms in total. The van der Waals surface area contributed by atoms with Crippen molar-refractivity contribution in [3.63, 3.8) is 0 Å². The van der Waals surface area contributed by atoms with Gasteiger partial charge in [-0.3, -0.25) is 0 Å². The summed E-state index contributed by atoms with van der Waals surface area (Å²) in [4.78, 5) is 0. The molecule has 0 spiro atoms. The first kappa shape index (κ1) is 10.1. The van der Waals surface area contributed by atoms with Crippen LogP contribution in [0.15, 0.2) is 30.3 Å². The van der Waals surface area contributed by atoms with Crippen LogP contribution in [0.3, 0.4) is 0 Å². The summed E-state index contributed by atoms with van der Waals surface area (Å²) in [6.45, 7) is 3.76. The number of nitrogens with zero attached hydrogens (tertiary/aromatic N) is 2. The highest BCUT2D eigenvalue weighted by Gasteiger charge is 2.19. The van der Waals surface area contributed by atoms with Crippen LogP contribution in [-0.4, -0.2) is 23.3 Å². The first-order valence-corrected chi connectivity index (χ1v) is 5.24. The van der Waals surface area contributed by atoms with Crippen LogP contribution in [0.5, 0.6) is 0 Å². The second-order valence-electron chi connectivity index (χ2n) is 3.41. The summed E-state index contributed by atoms with van der Waals surface area (Å²) in [5, 5.41) is 11.0. The van der Waals surface area contributed by atoms with Gasteiger partial charge in [-0.15, -0.1) is 0 Å². The number of nitrogens with one attached hydrogen (secondary N) is 1. The Hall–Kier alpha value is -1.42. The zero-order valence-electron chi connectivity index (χ0n) is 8.81. The molecule has 1 aliphatic rings. The van der Waals surface area contributed by atoms with Crippen LogP contribution in [0.4, 0.5) is 0 Å². The summed E-state index contributed by atoms with van der Waals surface area (Å²) in [6, 6.07) is 2.08. The standard InChI is InChI=1S/C11H15N3O/c1-2-12-11(10-4-3-7-15-10)9-5-6-13-14-8-9/h4-6,8,11-12H,2-3,7H2,1H3. The van der Waals surface area contributed by atoms with Crippen molar-refractivity contribution < 1.29 is 4.74 Å². The van der Waals surface area contributed by atoms with E-state index >= 15 is 0 Å². The van der Waals surface area contributed by atoms with Gasteiger partial charge in [0.05, 0.1) is 18.8 Å². The van der Waals surface area contributed by atoms with Crippen molar-refractivity contribution in [3.05, 3.63) is 35.9 Å². The van der Waals surface area contributed by atoms with Crippen LogP contribution in [-0.2, 0) is 4.74 Å². The molecule has 15 heavy (non-hydrogen) atoms. The summed E-state index contributed by atoms with van der Waals surface area (Å²) in [5.74, 6) is 1.00. The zero-order valence-corrected chi connectivity index (χ0v) is 8.81. The van der Waals surface area contributed by atoms with E-state index < -0.39 is 0 Å². The second kappa shape index (κ2) is 4.89. The van der Waals surface area contributed by atoms with Gasteiger partial charge in [-0.05, 0) is 24.3 Å². The average molecular weight is 205 g/mol. The molecule has 0 aliphatic carbocycles. The molecule has 1 aromatic rings. The normalized spacial score (nSPS) is 17.0. The van der Waals surface area contributed by atoms with Gasteiger partial charge in [0.1, 0.15) is 5.76 Å². The van der Waals surface area contributed by atoms with Crippen LogP contribution < -0.4 is 5.32 Å². The molecule has 0 saturated carbocycles. The molecular weight excluding hydrogens is 190 g/mol. The summed E-state index contributed by atoms with van der Waals surface area (Å²) >= 11 is 0. The lowest BCUT2D eigenvalue weighted by molar-refractivity contribution is 0.216. The summed E-state index contributed by atoms with van der Waals surface area (Å²) < 4.78 is 5.57. The highest BCUT2D eigenvalue weighted by Crippen LogP contribution is 2.25. The van der Waals surface area contributed by atoms with E-state index in [4.69, 9.17) is 4.74 Å². The van der Waals surface area contributed by atoms with Crippen molar-refractivity contribution in [3.8, 4) is 0 Å². The van der Waals surface area contributed by atoms with E-state index in [2.05, 4.69) is 28.5 Å². The van der Waals surface area contributed by atoms with E-state index in [1.165, 1.54) is 0 Å². The van der Waals surface area contributed by atoms with Crippen LogP contribution in [0.25, 0.3) is 0 Å². The average Bonchev–Trinajstić information content (AvgIpc) is 2.80. The topological polar surface area (TPSA) is 47.0 Å². The molecule has 1 atom stereocenters. The maximum Gasteiger partial charge on any atom is 0.114 e. The number of hydrogen-bond donors (Lipinski definition) is 1. The lowest BCUT2D eigenvalue weighted by Gasteiger charge is -2.18. The van der Waals surface area contributed by atoms with Gasteiger partial charge >= 0.3 is 0 Å². The minimum atomic E-state index is 0.119. The second-order valence-corrected chi connectivity index (χ2v) is 3.41. The van der Waals surface area contributed by atoms with Gasteiger partial charge in [0.2, 0.25) is 0 Å². The minimum Gasteiger partial charge on any atom is -0.496 e. The fourth-order valence-electron chi connectivity index (χ4n) is 1.70. The number of likely N-dealkylation sites (N-methyl/N-ethyl adjacent to an activating group) is 1. The number of aromatic nitrogens is 2. The number of hydrogen-bond acceptors (Lipinski definition) is 4. The molecule has 80 valence electrons. The molecule has 2 heterocycles. The van der Waals surface area contributed by atoms with Crippen LogP contribution in [0, 0.1) is 0 Å².